The summed E-state index contributed by atoms with van der Waals surface area (Å²) in [4.78, 5) is 31.9. The summed E-state index contributed by atoms with van der Waals surface area (Å²) in [6, 6.07) is 17.6. The van der Waals surface area contributed by atoms with E-state index in [1.807, 2.05) is 49.4 Å². The zero-order valence-corrected chi connectivity index (χ0v) is 19.6. The molecule has 5 rings (SSSR count). The minimum atomic E-state index is -0.638. The molecule has 0 radical (unpaired) electrons. The van der Waals surface area contributed by atoms with Gasteiger partial charge < -0.3 is 4.74 Å². The Kier molecular flexibility index (Phi) is 6.20. The van der Waals surface area contributed by atoms with Gasteiger partial charge in [0.15, 0.2) is 5.78 Å². The number of allylic oxidation sites excluding steroid dienone is 2. The Morgan fingerprint density at radius 3 is 2.42 bits per heavy atom. The fourth-order valence-electron chi connectivity index (χ4n) is 5.63. The van der Waals surface area contributed by atoms with Crippen LogP contribution in [0.15, 0.2) is 70.9 Å². The van der Waals surface area contributed by atoms with E-state index >= 15 is 0 Å². The van der Waals surface area contributed by atoms with E-state index in [-0.39, 0.29) is 23.8 Å². The van der Waals surface area contributed by atoms with Crippen LogP contribution < -0.4 is 0 Å². The lowest BCUT2D eigenvalue weighted by Crippen LogP contribution is -2.39. The maximum Gasteiger partial charge on any atom is 0.315 e. The zero-order valence-electron chi connectivity index (χ0n) is 18.8. The number of halogens is 1. The van der Waals surface area contributed by atoms with Crippen LogP contribution in [0.1, 0.15) is 68.4 Å². The molecule has 0 amide bonds. The standard InChI is InChI=1S/C28H28ClNO3/c1-17-25(28(32)33-20-11-5-6-12-20)26(21-13-7-8-14-22(21)29)27-23(30-17)15-19(16-24(27)31)18-9-3-2-4-10-18/h2-4,7-10,13-14,19-20,25-26H,5-6,11-12,15-16H2,1H3/t19-,25?,26-/m0/s1. The second-order valence-electron chi connectivity index (χ2n) is 9.37. The smallest absolute Gasteiger partial charge is 0.315 e. The van der Waals surface area contributed by atoms with Gasteiger partial charge in [-0.25, -0.2) is 0 Å². The molecule has 2 aliphatic carbocycles. The van der Waals surface area contributed by atoms with Crippen molar-refractivity contribution in [1.29, 1.82) is 0 Å². The van der Waals surface area contributed by atoms with Crippen molar-refractivity contribution in [2.24, 2.45) is 10.9 Å². The lowest BCUT2D eigenvalue weighted by Gasteiger charge is -2.37. The van der Waals surface area contributed by atoms with Gasteiger partial charge in [-0.2, -0.15) is 0 Å². The average Bonchev–Trinajstić information content (AvgIpc) is 3.32. The Hall–Kier alpha value is -2.72. The summed E-state index contributed by atoms with van der Waals surface area (Å²) < 4.78 is 5.92. The summed E-state index contributed by atoms with van der Waals surface area (Å²) in [5, 5.41) is 0.556. The van der Waals surface area contributed by atoms with Gasteiger partial charge in [-0.1, -0.05) is 60.1 Å². The first-order valence-electron chi connectivity index (χ1n) is 11.8. The molecule has 3 aliphatic rings. The molecule has 0 spiro atoms. The molecular weight excluding hydrogens is 434 g/mol. The average molecular weight is 462 g/mol. The van der Waals surface area contributed by atoms with Crippen LogP contribution in [0, 0.1) is 5.92 Å². The molecule has 2 aromatic carbocycles. The highest BCUT2D eigenvalue weighted by atomic mass is 35.5. The number of ether oxygens (including phenoxy) is 1. The minimum absolute atomic E-state index is 0.0444. The lowest BCUT2D eigenvalue weighted by molar-refractivity contribution is -0.151. The molecular formula is C28H28ClNO3. The summed E-state index contributed by atoms with van der Waals surface area (Å²) in [5.74, 6) is -1.27. The number of ketones is 1. The van der Waals surface area contributed by atoms with Crippen molar-refractivity contribution in [2.45, 2.75) is 63.4 Å². The van der Waals surface area contributed by atoms with Gasteiger partial charge in [0, 0.05) is 34.3 Å². The van der Waals surface area contributed by atoms with Gasteiger partial charge in [0.25, 0.3) is 0 Å². The predicted octanol–water partition coefficient (Wildman–Crippen LogP) is 6.40. The predicted molar refractivity (Wildman–Crippen MR) is 130 cm³/mol. The first-order chi connectivity index (χ1) is 16.0. The first kappa shape index (κ1) is 22.1. The summed E-state index contributed by atoms with van der Waals surface area (Å²) in [7, 11) is 0. The molecule has 1 aliphatic heterocycles. The molecule has 3 atom stereocenters. The van der Waals surface area contributed by atoms with Crippen molar-refractivity contribution in [3.05, 3.63) is 82.0 Å². The summed E-state index contributed by atoms with van der Waals surface area (Å²) >= 11 is 6.62. The summed E-state index contributed by atoms with van der Waals surface area (Å²) in [5.41, 5.74) is 4.05. The van der Waals surface area contributed by atoms with Crippen LogP contribution in [0.25, 0.3) is 0 Å². The van der Waals surface area contributed by atoms with Gasteiger partial charge in [-0.15, -0.1) is 0 Å². The Labute approximate surface area is 199 Å². The van der Waals surface area contributed by atoms with Crippen molar-refractivity contribution in [3.63, 3.8) is 0 Å². The van der Waals surface area contributed by atoms with E-state index in [9.17, 15) is 9.59 Å². The number of benzene rings is 2. The monoisotopic (exact) mass is 461 g/mol. The molecule has 1 heterocycles. The highest BCUT2D eigenvalue weighted by molar-refractivity contribution is 6.31. The van der Waals surface area contributed by atoms with Crippen molar-refractivity contribution in [1.82, 2.24) is 0 Å². The molecule has 4 nitrogen and oxygen atoms in total. The van der Waals surface area contributed by atoms with Crippen molar-refractivity contribution < 1.29 is 14.3 Å². The second kappa shape index (κ2) is 9.26. The molecule has 0 aromatic heterocycles. The van der Waals surface area contributed by atoms with Crippen LogP contribution in [0.2, 0.25) is 5.02 Å². The zero-order chi connectivity index (χ0) is 22.9. The van der Waals surface area contributed by atoms with Crippen LogP contribution in [-0.2, 0) is 14.3 Å². The van der Waals surface area contributed by atoms with E-state index < -0.39 is 11.8 Å². The maximum absolute atomic E-state index is 13.6. The van der Waals surface area contributed by atoms with Crippen molar-refractivity contribution >= 4 is 29.1 Å². The molecule has 1 fully saturated rings. The number of carbonyl (C=O) groups is 2. The van der Waals surface area contributed by atoms with E-state index in [0.29, 0.717) is 29.1 Å². The molecule has 1 saturated carbocycles. The van der Waals surface area contributed by atoms with Gasteiger partial charge in [0.2, 0.25) is 0 Å². The first-order valence-corrected chi connectivity index (χ1v) is 12.2. The molecule has 0 bridgehead atoms. The third kappa shape index (κ3) is 4.29. The number of carbonyl (C=O) groups excluding carboxylic acids is 2. The third-order valence-corrected chi connectivity index (χ3v) is 7.58. The fraction of sp³-hybridized carbons (Fsp3) is 0.393. The van der Waals surface area contributed by atoms with E-state index in [1.165, 1.54) is 0 Å². The number of aliphatic imine (C=N–C) groups is 1. The normalized spacial score (nSPS) is 25.6. The quantitative estimate of drug-likeness (QED) is 0.495. The van der Waals surface area contributed by atoms with Crippen molar-refractivity contribution in [3.8, 4) is 0 Å². The van der Waals surface area contributed by atoms with Gasteiger partial charge in [-0.05, 0) is 62.1 Å². The van der Waals surface area contributed by atoms with Gasteiger partial charge in [-0.3, -0.25) is 14.6 Å². The summed E-state index contributed by atoms with van der Waals surface area (Å²) in [6.07, 6.45) is 5.00. The van der Waals surface area contributed by atoms with Gasteiger partial charge in [0.1, 0.15) is 12.0 Å². The van der Waals surface area contributed by atoms with Gasteiger partial charge in [0.05, 0.1) is 0 Å². The van der Waals surface area contributed by atoms with Crippen LogP contribution in [0.5, 0.6) is 0 Å². The molecule has 0 saturated heterocycles. The fourth-order valence-corrected chi connectivity index (χ4v) is 5.89. The number of nitrogens with zero attached hydrogens (tertiary/aromatic N) is 1. The Morgan fingerprint density at radius 1 is 1.00 bits per heavy atom. The second-order valence-corrected chi connectivity index (χ2v) is 9.78. The minimum Gasteiger partial charge on any atom is -0.462 e. The van der Waals surface area contributed by atoms with Crippen LogP contribution in [-0.4, -0.2) is 23.6 Å². The Morgan fingerprint density at radius 2 is 1.70 bits per heavy atom. The third-order valence-electron chi connectivity index (χ3n) is 7.24. The summed E-state index contributed by atoms with van der Waals surface area (Å²) in [6.45, 7) is 1.88. The Bertz CT molecular complexity index is 1130. The van der Waals surface area contributed by atoms with E-state index in [2.05, 4.69) is 12.1 Å². The number of hydrogen-bond donors (Lipinski definition) is 0. The Balaban J connectivity index is 1.56. The molecule has 5 heteroatoms. The number of rotatable bonds is 4. The molecule has 33 heavy (non-hydrogen) atoms. The number of hydrogen-bond acceptors (Lipinski definition) is 4. The van der Waals surface area contributed by atoms with Crippen molar-refractivity contribution in [2.75, 3.05) is 0 Å². The molecule has 1 unspecified atom stereocenters. The maximum atomic E-state index is 13.6. The van der Waals surface area contributed by atoms with Crippen LogP contribution >= 0.6 is 11.6 Å². The highest BCUT2D eigenvalue weighted by Gasteiger charge is 2.45. The largest absolute Gasteiger partial charge is 0.462 e. The van der Waals surface area contributed by atoms with Crippen LogP contribution in [0.4, 0.5) is 0 Å². The van der Waals surface area contributed by atoms with E-state index in [1.54, 1.807) is 0 Å². The van der Waals surface area contributed by atoms with E-state index in [0.717, 1.165) is 42.5 Å². The number of Topliss-reactive ketones (excluding diaryl/α,β-unsaturated/α-hetero) is 1. The SMILES string of the molecule is CC1=NC2=C(C(=O)C[C@@H](c3ccccc3)C2)[C@@H](c2ccccc2Cl)C1C(=O)OC1CCCC1. The highest BCUT2D eigenvalue weighted by Crippen LogP contribution is 2.48. The van der Waals surface area contributed by atoms with Gasteiger partial charge >= 0.3 is 5.97 Å². The van der Waals surface area contributed by atoms with Crippen LogP contribution in [0.3, 0.4) is 0 Å². The number of esters is 1. The van der Waals surface area contributed by atoms with E-state index in [4.69, 9.17) is 21.3 Å². The molecule has 170 valence electrons. The molecule has 0 N–H and O–H groups in total. The lowest BCUT2D eigenvalue weighted by atomic mass is 9.69. The topological polar surface area (TPSA) is 55.7 Å². The molecule has 2 aromatic rings.